The van der Waals surface area contributed by atoms with E-state index in [1.807, 2.05) is 26.8 Å². The van der Waals surface area contributed by atoms with Crippen LogP contribution in [0, 0.1) is 0 Å². The van der Waals surface area contributed by atoms with Gasteiger partial charge in [-0.1, -0.05) is 6.08 Å². The highest BCUT2D eigenvalue weighted by atomic mass is 16.6. The Labute approximate surface area is 110 Å². The molecule has 4 heteroatoms. The molecule has 18 heavy (non-hydrogen) atoms. The van der Waals surface area contributed by atoms with Crippen LogP contribution in [0.2, 0.25) is 0 Å². The summed E-state index contributed by atoms with van der Waals surface area (Å²) < 4.78 is 5.43. The lowest BCUT2D eigenvalue weighted by Crippen LogP contribution is -2.52. The molecule has 4 nitrogen and oxygen atoms in total. The van der Waals surface area contributed by atoms with E-state index in [2.05, 4.69) is 6.58 Å². The number of carbonyl (C=O) groups is 1. The Balaban J connectivity index is 2.81. The summed E-state index contributed by atoms with van der Waals surface area (Å²) in [5.74, 6) is 0. The van der Waals surface area contributed by atoms with Crippen molar-refractivity contribution in [3.05, 3.63) is 12.7 Å². The number of aliphatic hydroxyl groups excluding tert-OH is 1. The second kappa shape index (κ2) is 6.23. The Morgan fingerprint density at radius 2 is 2.06 bits per heavy atom. The van der Waals surface area contributed by atoms with E-state index in [-0.39, 0.29) is 24.8 Å². The minimum absolute atomic E-state index is 0.00706. The van der Waals surface area contributed by atoms with Gasteiger partial charge in [-0.2, -0.15) is 0 Å². The molecule has 1 aliphatic rings. The zero-order chi connectivity index (χ0) is 13.8. The van der Waals surface area contributed by atoms with E-state index in [4.69, 9.17) is 4.74 Å². The van der Waals surface area contributed by atoms with Gasteiger partial charge in [-0.15, -0.1) is 6.58 Å². The number of nitrogens with zero attached hydrogens (tertiary/aromatic N) is 1. The molecule has 1 N–H and O–H groups in total. The summed E-state index contributed by atoms with van der Waals surface area (Å²) >= 11 is 0. The lowest BCUT2D eigenvalue weighted by atomic mass is 9.94. The lowest BCUT2D eigenvalue weighted by Gasteiger charge is -2.41. The van der Waals surface area contributed by atoms with Crippen molar-refractivity contribution in [1.82, 2.24) is 4.90 Å². The van der Waals surface area contributed by atoms with Gasteiger partial charge in [-0.3, -0.25) is 4.90 Å². The maximum Gasteiger partial charge on any atom is 0.410 e. The van der Waals surface area contributed by atoms with Crippen LogP contribution in [0.25, 0.3) is 0 Å². The molecule has 0 aliphatic carbocycles. The van der Waals surface area contributed by atoms with Crippen LogP contribution < -0.4 is 0 Å². The Bertz CT molecular complexity index is 296. The van der Waals surface area contributed by atoms with E-state index in [1.165, 1.54) is 0 Å². The lowest BCUT2D eigenvalue weighted by molar-refractivity contribution is -0.0145. The number of hydrogen-bond donors (Lipinski definition) is 1. The Hall–Kier alpha value is -1.03. The van der Waals surface area contributed by atoms with Crippen LogP contribution in [0.15, 0.2) is 12.7 Å². The third-order valence-electron chi connectivity index (χ3n) is 3.12. The van der Waals surface area contributed by atoms with Crippen LogP contribution in [-0.2, 0) is 4.74 Å². The molecule has 0 radical (unpaired) electrons. The molecule has 0 bridgehead atoms. The first kappa shape index (κ1) is 15.0. The number of hydrogen-bond acceptors (Lipinski definition) is 3. The molecule has 1 fully saturated rings. The van der Waals surface area contributed by atoms with Crippen molar-refractivity contribution in [3.8, 4) is 0 Å². The second-order valence-electron chi connectivity index (χ2n) is 5.83. The maximum absolute atomic E-state index is 12.2. The molecule has 0 spiro atoms. The predicted octanol–water partition coefficient (Wildman–Crippen LogP) is 2.71. The fourth-order valence-electron chi connectivity index (χ4n) is 2.38. The van der Waals surface area contributed by atoms with Gasteiger partial charge < -0.3 is 9.84 Å². The van der Waals surface area contributed by atoms with Crippen LogP contribution in [0.1, 0.15) is 46.5 Å². The fourth-order valence-corrected chi connectivity index (χ4v) is 2.38. The first-order valence-electron chi connectivity index (χ1n) is 6.62. The summed E-state index contributed by atoms with van der Waals surface area (Å²) in [5, 5.41) is 9.42. The monoisotopic (exact) mass is 255 g/mol. The van der Waals surface area contributed by atoms with E-state index in [9.17, 15) is 9.90 Å². The van der Waals surface area contributed by atoms with Gasteiger partial charge in [0.1, 0.15) is 5.60 Å². The maximum atomic E-state index is 12.2. The number of piperidine rings is 1. The first-order valence-corrected chi connectivity index (χ1v) is 6.62. The number of carbonyl (C=O) groups excluding carboxylic acids is 1. The van der Waals surface area contributed by atoms with Crippen molar-refractivity contribution in [2.75, 3.05) is 6.61 Å². The van der Waals surface area contributed by atoms with Gasteiger partial charge in [0.15, 0.2) is 0 Å². The van der Waals surface area contributed by atoms with Crippen molar-refractivity contribution >= 4 is 6.09 Å². The minimum Gasteiger partial charge on any atom is -0.444 e. The summed E-state index contributed by atoms with van der Waals surface area (Å²) in [7, 11) is 0. The van der Waals surface area contributed by atoms with Crippen molar-refractivity contribution < 1.29 is 14.6 Å². The number of rotatable bonds is 3. The molecule has 0 saturated carbocycles. The SMILES string of the molecule is C=CC[C@H]1CCC[C@@H](CO)N1C(=O)OC(C)(C)C. The molecule has 1 heterocycles. The molecule has 1 rings (SSSR count). The van der Waals surface area contributed by atoms with E-state index in [1.54, 1.807) is 4.90 Å². The second-order valence-corrected chi connectivity index (χ2v) is 5.83. The quantitative estimate of drug-likeness (QED) is 0.789. The van der Waals surface area contributed by atoms with Gasteiger partial charge in [-0.25, -0.2) is 4.79 Å². The van der Waals surface area contributed by atoms with Crippen molar-refractivity contribution in [2.45, 2.75) is 64.1 Å². The largest absolute Gasteiger partial charge is 0.444 e. The molecule has 0 unspecified atom stereocenters. The first-order chi connectivity index (χ1) is 8.39. The normalized spacial score (nSPS) is 24.8. The molecular weight excluding hydrogens is 230 g/mol. The van der Waals surface area contributed by atoms with Gasteiger partial charge in [-0.05, 0) is 46.5 Å². The summed E-state index contributed by atoms with van der Waals surface area (Å²) in [6.07, 6.45) is 5.05. The molecule has 0 aromatic rings. The van der Waals surface area contributed by atoms with Crippen molar-refractivity contribution in [2.24, 2.45) is 0 Å². The van der Waals surface area contributed by atoms with Crippen LogP contribution in [0.5, 0.6) is 0 Å². The molecule has 0 aromatic carbocycles. The van der Waals surface area contributed by atoms with E-state index in [0.29, 0.717) is 0 Å². The molecular formula is C14H25NO3. The van der Waals surface area contributed by atoms with E-state index >= 15 is 0 Å². The zero-order valence-corrected chi connectivity index (χ0v) is 11.7. The van der Waals surface area contributed by atoms with Gasteiger partial charge in [0.2, 0.25) is 0 Å². The van der Waals surface area contributed by atoms with E-state index in [0.717, 1.165) is 25.7 Å². The number of likely N-dealkylation sites (tertiary alicyclic amines) is 1. The fraction of sp³-hybridized carbons (Fsp3) is 0.786. The molecule has 2 atom stereocenters. The number of ether oxygens (including phenoxy) is 1. The average Bonchev–Trinajstić information content (AvgIpc) is 2.26. The standard InChI is InChI=1S/C14H25NO3/c1-5-7-11-8-6-9-12(10-16)15(11)13(17)18-14(2,3)4/h5,11-12,16H,1,6-10H2,2-4H3/t11-,12-/m0/s1. The molecule has 0 aromatic heterocycles. The van der Waals surface area contributed by atoms with Crippen LogP contribution in [0.4, 0.5) is 4.79 Å². The molecule has 104 valence electrons. The number of amides is 1. The highest BCUT2D eigenvalue weighted by Gasteiger charge is 2.35. The van der Waals surface area contributed by atoms with Crippen LogP contribution in [-0.4, -0.2) is 40.4 Å². The van der Waals surface area contributed by atoms with Crippen molar-refractivity contribution in [1.29, 1.82) is 0 Å². The molecule has 1 saturated heterocycles. The van der Waals surface area contributed by atoms with Gasteiger partial charge >= 0.3 is 6.09 Å². The summed E-state index contributed by atoms with van der Waals surface area (Å²) in [6, 6.07) is -0.0261. The Kier molecular flexibility index (Phi) is 5.20. The highest BCUT2D eigenvalue weighted by molar-refractivity contribution is 5.69. The van der Waals surface area contributed by atoms with Crippen LogP contribution in [0.3, 0.4) is 0 Å². The third kappa shape index (κ3) is 4.02. The predicted molar refractivity (Wildman–Crippen MR) is 71.4 cm³/mol. The van der Waals surface area contributed by atoms with Crippen LogP contribution >= 0.6 is 0 Å². The van der Waals surface area contributed by atoms with E-state index < -0.39 is 5.60 Å². The number of aliphatic hydroxyl groups is 1. The average molecular weight is 255 g/mol. The smallest absolute Gasteiger partial charge is 0.410 e. The molecule has 1 amide bonds. The molecule has 1 aliphatic heterocycles. The summed E-state index contributed by atoms with van der Waals surface area (Å²) in [4.78, 5) is 13.9. The van der Waals surface area contributed by atoms with Gasteiger partial charge in [0.05, 0.1) is 12.6 Å². The van der Waals surface area contributed by atoms with Crippen molar-refractivity contribution in [3.63, 3.8) is 0 Å². The van der Waals surface area contributed by atoms with Gasteiger partial charge in [0, 0.05) is 6.04 Å². The third-order valence-corrected chi connectivity index (χ3v) is 3.12. The Morgan fingerprint density at radius 3 is 2.56 bits per heavy atom. The summed E-state index contributed by atoms with van der Waals surface area (Å²) in [6.45, 7) is 9.28. The topological polar surface area (TPSA) is 49.8 Å². The zero-order valence-electron chi connectivity index (χ0n) is 11.7. The highest BCUT2D eigenvalue weighted by Crippen LogP contribution is 2.27. The van der Waals surface area contributed by atoms with Gasteiger partial charge in [0.25, 0.3) is 0 Å². The Morgan fingerprint density at radius 1 is 1.44 bits per heavy atom. The summed E-state index contributed by atoms with van der Waals surface area (Å²) in [5.41, 5.74) is -0.507. The minimum atomic E-state index is -0.507.